The molecule has 14 heavy (non-hydrogen) atoms. The third-order valence-electron chi connectivity index (χ3n) is 2.11. The van der Waals surface area contributed by atoms with Gasteiger partial charge in [0.15, 0.2) is 5.82 Å². The summed E-state index contributed by atoms with van der Waals surface area (Å²) in [6.45, 7) is 2.59. The van der Waals surface area contributed by atoms with Gasteiger partial charge in [-0.3, -0.25) is 0 Å². The SMILES string of the molecule is CCn1cc(F)c2c(OC)ncnc21. The van der Waals surface area contributed by atoms with E-state index in [9.17, 15) is 4.39 Å². The number of ether oxygens (including phenoxy) is 1. The maximum atomic E-state index is 13.5. The van der Waals surface area contributed by atoms with E-state index in [4.69, 9.17) is 4.74 Å². The molecule has 0 aliphatic heterocycles. The maximum Gasteiger partial charge on any atom is 0.228 e. The number of aryl methyl sites for hydroxylation is 1. The van der Waals surface area contributed by atoms with Crippen molar-refractivity contribution >= 4 is 11.0 Å². The van der Waals surface area contributed by atoms with Gasteiger partial charge in [-0.15, -0.1) is 0 Å². The van der Waals surface area contributed by atoms with Crippen molar-refractivity contribution in [3.8, 4) is 5.88 Å². The van der Waals surface area contributed by atoms with Crippen LogP contribution in [0.15, 0.2) is 12.5 Å². The summed E-state index contributed by atoms with van der Waals surface area (Å²) in [7, 11) is 1.46. The zero-order valence-electron chi connectivity index (χ0n) is 7.99. The predicted molar refractivity (Wildman–Crippen MR) is 49.7 cm³/mol. The molecule has 2 heterocycles. The Morgan fingerprint density at radius 1 is 1.50 bits per heavy atom. The standard InChI is InChI=1S/C9H10FN3O/c1-3-13-4-6(10)7-8(13)11-5-12-9(7)14-2/h4-5H,3H2,1-2H3. The van der Waals surface area contributed by atoms with Gasteiger partial charge in [0, 0.05) is 12.7 Å². The third-order valence-corrected chi connectivity index (χ3v) is 2.11. The van der Waals surface area contributed by atoms with E-state index < -0.39 is 0 Å². The summed E-state index contributed by atoms with van der Waals surface area (Å²) in [5, 5.41) is 0.344. The Hall–Kier alpha value is -1.65. The Bertz CT molecular complexity index is 466. The Morgan fingerprint density at radius 2 is 2.29 bits per heavy atom. The largest absolute Gasteiger partial charge is 0.480 e. The number of nitrogens with zero attached hydrogens (tertiary/aromatic N) is 3. The molecule has 0 fully saturated rings. The lowest BCUT2D eigenvalue weighted by Gasteiger charge is -2.00. The molecular weight excluding hydrogens is 185 g/mol. The molecule has 0 unspecified atom stereocenters. The molecule has 0 aliphatic rings. The van der Waals surface area contributed by atoms with Crippen LogP contribution in [0.1, 0.15) is 6.92 Å². The lowest BCUT2D eigenvalue weighted by Crippen LogP contribution is -1.95. The highest BCUT2D eigenvalue weighted by atomic mass is 19.1. The summed E-state index contributed by atoms with van der Waals surface area (Å²) >= 11 is 0. The molecule has 0 aliphatic carbocycles. The minimum atomic E-state index is -0.348. The highest BCUT2D eigenvalue weighted by molar-refractivity contribution is 5.82. The Balaban J connectivity index is 2.81. The highest BCUT2D eigenvalue weighted by Crippen LogP contribution is 2.25. The van der Waals surface area contributed by atoms with Gasteiger partial charge in [0.25, 0.3) is 0 Å². The Labute approximate surface area is 80.3 Å². The lowest BCUT2D eigenvalue weighted by atomic mass is 10.4. The van der Waals surface area contributed by atoms with Gasteiger partial charge in [0.05, 0.1) is 7.11 Å². The number of aromatic nitrogens is 3. The van der Waals surface area contributed by atoms with E-state index >= 15 is 0 Å². The second-order valence-electron chi connectivity index (χ2n) is 2.84. The van der Waals surface area contributed by atoms with Crippen LogP contribution in [0.4, 0.5) is 4.39 Å². The van der Waals surface area contributed by atoms with Gasteiger partial charge in [-0.1, -0.05) is 0 Å². The van der Waals surface area contributed by atoms with E-state index in [1.165, 1.54) is 19.6 Å². The van der Waals surface area contributed by atoms with Crippen LogP contribution in [0.5, 0.6) is 5.88 Å². The topological polar surface area (TPSA) is 39.9 Å². The zero-order valence-corrected chi connectivity index (χ0v) is 7.99. The first kappa shape index (κ1) is 8.93. The normalized spacial score (nSPS) is 10.8. The fraction of sp³-hybridized carbons (Fsp3) is 0.333. The molecule has 74 valence electrons. The van der Waals surface area contributed by atoms with E-state index in [0.29, 0.717) is 17.6 Å². The molecule has 0 saturated heterocycles. The van der Waals surface area contributed by atoms with Gasteiger partial charge in [-0.2, -0.15) is 0 Å². The van der Waals surface area contributed by atoms with Crippen LogP contribution in [-0.2, 0) is 6.54 Å². The van der Waals surface area contributed by atoms with Gasteiger partial charge in [0.2, 0.25) is 5.88 Å². The molecule has 2 aromatic rings. The minimum Gasteiger partial charge on any atom is -0.480 e. The molecule has 0 N–H and O–H groups in total. The minimum absolute atomic E-state index is 0.278. The van der Waals surface area contributed by atoms with Crippen molar-refractivity contribution in [2.75, 3.05) is 7.11 Å². The number of rotatable bonds is 2. The van der Waals surface area contributed by atoms with Gasteiger partial charge in [0.1, 0.15) is 17.4 Å². The summed E-state index contributed by atoms with van der Waals surface area (Å²) in [5.74, 6) is -0.0704. The fourth-order valence-corrected chi connectivity index (χ4v) is 1.45. The van der Waals surface area contributed by atoms with Crippen LogP contribution in [0, 0.1) is 5.82 Å². The van der Waals surface area contributed by atoms with Crippen molar-refractivity contribution in [1.29, 1.82) is 0 Å². The van der Waals surface area contributed by atoms with E-state index in [2.05, 4.69) is 9.97 Å². The van der Waals surface area contributed by atoms with E-state index in [0.717, 1.165) is 0 Å². The van der Waals surface area contributed by atoms with Crippen molar-refractivity contribution in [3.63, 3.8) is 0 Å². The van der Waals surface area contributed by atoms with Crippen LogP contribution >= 0.6 is 0 Å². The van der Waals surface area contributed by atoms with Gasteiger partial charge in [-0.25, -0.2) is 14.4 Å². The number of halogens is 1. The molecule has 4 nitrogen and oxygen atoms in total. The Kier molecular flexibility index (Phi) is 2.07. The third kappa shape index (κ3) is 1.13. The molecule has 5 heteroatoms. The summed E-state index contributed by atoms with van der Waals surface area (Å²) in [4.78, 5) is 7.86. The van der Waals surface area contributed by atoms with Crippen LogP contribution in [0.3, 0.4) is 0 Å². The number of hydrogen-bond donors (Lipinski definition) is 0. The van der Waals surface area contributed by atoms with Crippen molar-refractivity contribution in [2.24, 2.45) is 0 Å². The zero-order chi connectivity index (χ0) is 10.1. The van der Waals surface area contributed by atoms with E-state index in [1.54, 1.807) is 4.57 Å². The summed E-state index contributed by atoms with van der Waals surface area (Å²) < 4.78 is 20.1. The second kappa shape index (κ2) is 3.25. The van der Waals surface area contributed by atoms with E-state index in [-0.39, 0.29) is 11.7 Å². The maximum absolute atomic E-state index is 13.5. The number of hydrogen-bond acceptors (Lipinski definition) is 3. The van der Waals surface area contributed by atoms with Crippen molar-refractivity contribution in [2.45, 2.75) is 13.5 Å². The quantitative estimate of drug-likeness (QED) is 0.730. The average molecular weight is 195 g/mol. The molecular formula is C9H10FN3O. The number of methoxy groups -OCH3 is 1. The smallest absolute Gasteiger partial charge is 0.228 e. The summed E-state index contributed by atoms with van der Waals surface area (Å²) in [5.41, 5.74) is 0.567. The fourth-order valence-electron chi connectivity index (χ4n) is 1.45. The first-order chi connectivity index (χ1) is 6.77. The van der Waals surface area contributed by atoms with Crippen molar-refractivity contribution in [3.05, 3.63) is 18.3 Å². The molecule has 0 bridgehead atoms. The van der Waals surface area contributed by atoms with Crippen molar-refractivity contribution < 1.29 is 9.13 Å². The first-order valence-electron chi connectivity index (χ1n) is 4.31. The molecule has 0 atom stereocenters. The average Bonchev–Trinajstić information content (AvgIpc) is 2.55. The summed E-state index contributed by atoms with van der Waals surface area (Å²) in [6, 6.07) is 0. The van der Waals surface area contributed by atoms with Crippen LogP contribution < -0.4 is 4.74 Å². The lowest BCUT2D eigenvalue weighted by molar-refractivity contribution is 0.401. The molecule has 2 rings (SSSR count). The highest BCUT2D eigenvalue weighted by Gasteiger charge is 2.14. The van der Waals surface area contributed by atoms with Gasteiger partial charge in [-0.05, 0) is 6.92 Å². The van der Waals surface area contributed by atoms with Crippen molar-refractivity contribution in [1.82, 2.24) is 14.5 Å². The van der Waals surface area contributed by atoms with Gasteiger partial charge >= 0.3 is 0 Å². The van der Waals surface area contributed by atoms with E-state index in [1.807, 2.05) is 6.92 Å². The van der Waals surface area contributed by atoms with Gasteiger partial charge < -0.3 is 9.30 Å². The predicted octanol–water partition coefficient (Wildman–Crippen LogP) is 1.60. The number of fused-ring (bicyclic) bond motifs is 1. The van der Waals surface area contributed by atoms with Crippen LogP contribution in [-0.4, -0.2) is 21.6 Å². The molecule has 0 aromatic carbocycles. The first-order valence-corrected chi connectivity index (χ1v) is 4.31. The van der Waals surface area contributed by atoms with Crippen LogP contribution in [0.2, 0.25) is 0 Å². The molecule has 0 amide bonds. The molecule has 0 radical (unpaired) electrons. The molecule has 0 saturated carbocycles. The Morgan fingerprint density at radius 3 is 2.93 bits per heavy atom. The molecule has 2 aromatic heterocycles. The molecule has 0 spiro atoms. The van der Waals surface area contributed by atoms with Crippen LogP contribution in [0.25, 0.3) is 11.0 Å². The second-order valence-corrected chi connectivity index (χ2v) is 2.84. The monoisotopic (exact) mass is 195 g/mol. The summed E-state index contributed by atoms with van der Waals surface area (Å²) in [6.07, 6.45) is 2.77.